The van der Waals surface area contributed by atoms with Crippen molar-refractivity contribution in [3.63, 3.8) is 0 Å². The van der Waals surface area contributed by atoms with Gasteiger partial charge in [-0.25, -0.2) is 5.43 Å². The van der Waals surface area contributed by atoms with E-state index in [2.05, 4.69) is 10.5 Å². The monoisotopic (exact) mass is 332 g/mol. The van der Waals surface area contributed by atoms with Crippen LogP contribution >= 0.6 is 11.6 Å². The lowest BCUT2D eigenvalue weighted by Crippen LogP contribution is -2.17. The van der Waals surface area contributed by atoms with Crippen LogP contribution < -0.4 is 10.2 Å². The van der Waals surface area contributed by atoms with Gasteiger partial charge in [0, 0.05) is 22.2 Å². The Morgan fingerprint density at radius 1 is 1.30 bits per heavy atom. The highest BCUT2D eigenvalue weighted by Gasteiger charge is 2.04. The molecule has 0 bridgehead atoms. The minimum Gasteiger partial charge on any atom is -0.507 e. The largest absolute Gasteiger partial charge is 0.507 e. The molecule has 0 spiro atoms. The average Bonchev–Trinajstić information content (AvgIpc) is 2.55. The highest BCUT2D eigenvalue weighted by molar-refractivity contribution is 6.30. The minimum atomic E-state index is -0.361. The van der Waals surface area contributed by atoms with Crippen molar-refractivity contribution in [2.24, 2.45) is 5.10 Å². The Bertz CT molecular complexity index is 699. The van der Waals surface area contributed by atoms with E-state index in [1.165, 1.54) is 12.3 Å². The Morgan fingerprint density at radius 2 is 2.04 bits per heavy atom. The second-order valence-electron chi connectivity index (χ2n) is 4.78. The van der Waals surface area contributed by atoms with Crippen molar-refractivity contribution in [1.82, 2.24) is 5.43 Å². The fourth-order valence-electron chi connectivity index (χ4n) is 1.77. The number of hydrogen-bond donors (Lipinski definition) is 2. The molecule has 0 radical (unpaired) electrons. The first-order valence-electron chi connectivity index (χ1n) is 7.15. The van der Waals surface area contributed by atoms with Crippen molar-refractivity contribution < 1.29 is 14.6 Å². The molecule has 2 N–H and O–H groups in total. The molecule has 0 unspecified atom stereocenters. The fraction of sp³-hybridized carbons (Fsp3) is 0.176. The zero-order chi connectivity index (χ0) is 16.7. The van der Waals surface area contributed by atoms with Crippen LogP contribution in [0.4, 0.5) is 0 Å². The highest BCUT2D eigenvalue weighted by atomic mass is 35.5. The number of hydrogen-bond acceptors (Lipinski definition) is 4. The molecule has 0 fully saturated rings. The molecule has 0 heterocycles. The third kappa shape index (κ3) is 5.00. The number of aromatic hydroxyl groups is 1. The van der Waals surface area contributed by atoms with Crippen molar-refractivity contribution >= 4 is 23.7 Å². The molecule has 5 nitrogen and oxygen atoms in total. The van der Waals surface area contributed by atoms with E-state index in [9.17, 15) is 9.90 Å². The van der Waals surface area contributed by atoms with E-state index in [-0.39, 0.29) is 11.7 Å². The van der Waals surface area contributed by atoms with Crippen LogP contribution in [0.2, 0.25) is 5.02 Å². The van der Waals surface area contributed by atoms with Gasteiger partial charge in [0.05, 0.1) is 12.8 Å². The SMILES string of the molecule is CCCOc1ccc(/C=N/NC(=O)c2ccc(Cl)cc2)c(O)c1. The van der Waals surface area contributed by atoms with Crippen molar-refractivity contribution in [2.75, 3.05) is 6.61 Å². The molecule has 23 heavy (non-hydrogen) atoms. The summed E-state index contributed by atoms with van der Waals surface area (Å²) < 4.78 is 5.42. The molecule has 0 aliphatic rings. The standard InChI is InChI=1S/C17H17ClN2O3/c1-2-9-23-15-8-5-13(16(21)10-15)11-19-20-17(22)12-3-6-14(18)7-4-12/h3-8,10-11,21H,2,9H2,1H3,(H,20,22)/b19-11+. The van der Waals surface area contributed by atoms with E-state index in [1.807, 2.05) is 6.92 Å². The number of nitrogens with one attached hydrogen (secondary N) is 1. The molecule has 0 aliphatic carbocycles. The summed E-state index contributed by atoms with van der Waals surface area (Å²) in [5, 5.41) is 14.3. The van der Waals surface area contributed by atoms with E-state index in [0.717, 1.165) is 6.42 Å². The van der Waals surface area contributed by atoms with Gasteiger partial charge in [-0.05, 0) is 42.8 Å². The number of hydrazone groups is 1. The molecular weight excluding hydrogens is 316 g/mol. The maximum absolute atomic E-state index is 11.9. The summed E-state index contributed by atoms with van der Waals surface area (Å²) in [6.07, 6.45) is 2.26. The number of carbonyl (C=O) groups is 1. The fourth-order valence-corrected chi connectivity index (χ4v) is 1.89. The Hall–Kier alpha value is -2.53. The van der Waals surface area contributed by atoms with Gasteiger partial charge in [0.1, 0.15) is 11.5 Å². The smallest absolute Gasteiger partial charge is 0.271 e. The number of nitrogens with zero attached hydrogens (tertiary/aromatic N) is 1. The van der Waals surface area contributed by atoms with Crippen molar-refractivity contribution in [3.8, 4) is 11.5 Å². The molecular formula is C17H17ClN2O3. The minimum absolute atomic E-state index is 0.0306. The summed E-state index contributed by atoms with van der Waals surface area (Å²) in [5.41, 5.74) is 3.31. The lowest BCUT2D eigenvalue weighted by Gasteiger charge is -2.06. The van der Waals surface area contributed by atoms with Gasteiger partial charge >= 0.3 is 0 Å². The molecule has 0 aromatic heterocycles. The molecule has 2 rings (SSSR count). The van der Waals surface area contributed by atoms with Crippen LogP contribution in [-0.4, -0.2) is 23.8 Å². The molecule has 120 valence electrons. The third-order valence-corrected chi connectivity index (χ3v) is 3.20. The van der Waals surface area contributed by atoms with Gasteiger partial charge in [0.2, 0.25) is 0 Å². The Balaban J connectivity index is 1.97. The van der Waals surface area contributed by atoms with Gasteiger partial charge in [0.25, 0.3) is 5.91 Å². The lowest BCUT2D eigenvalue weighted by atomic mass is 10.2. The van der Waals surface area contributed by atoms with Crippen molar-refractivity contribution in [2.45, 2.75) is 13.3 Å². The molecule has 6 heteroatoms. The third-order valence-electron chi connectivity index (χ3n) is 2.95. The predicted octanol–water partition coefficient (Wildman–Crippen LogP) is 3.60. The maximum atomic E-state index is 11.9. The first-order valence-corrected chi connectivity index (χ1v) is 7.52. The number of amides is 1. The van der Waals surface area contributed by atoms with E-state index in [4.69, 9.17) is 16.3 Å². The number of rotatable bonds is 6. The van der Waals surface area contributed by atoms with E-state index in [1.54, 1.807) is 36.4 Å². The van der Waals surface area contributed by atoms with Crippen LogP contribution in [-0.2, 0) is 0 Å². The number of halogens is 1. The highest BCUT2D eigenvalue weighted by Crippen LogP contribution is 2.22. The van der Waals surface area contributed by atoms with Crippen molar-refractivity contribution in [3.05, 3.63) is 58.6 Å². The first-order chi connectivity index (χ1) is 11.1. The summed E-state index contributed by atoms with van der Waals surface area (Å²) in [6.45, 7) is 2.59. The van der Waals surface area contributed by atoms with Gasteiger partial charge in [-0.3, -0.25) is 4.79 Å². The number of ether oxygens (including phenoxy) is 1. The van der Waals surface area contributed by atoms with Gasteiger partial charge in [-0.2, -0.15) is 5.10 Å². The first kappa shape index (κ1) is 16.8. The molecule has 0 atom stereocenters. The second kappa shape index (κ2) is 8.19. The zero-order valence-electron chi connectivity index (χ0n) is 12.6. The second-order valence-corrected chi connectivity index (χ2v) is 5.21. The van der Waals surface area contributed by atoms with Gasteiger partial charge < -0.3 is 9.84 Å². The summed E-state index contributed by atoms with van der Waals surface area (Å²) in [7, 11) is 0. The number of phenols is 1. The van der Waals surface area contributed by atoms with Crippen molar-refractivity contribution in [1.29, 1.82) is 0 Å². The van der Waals surface area contributed by atoms with E-state index < -0.39 is 0 Å². The maximum Gasteiger partial charge on any atom is 0.271 e. The van der Waals surface area contributed by atoms with Gasteiger partial charge in [-0.1, -0.05) is 18.5 Å². The molecule has 0 saturated carbocycles. The van der Waals surface area contributed by atoms with E-state index >= 15 is 0 Å². The molecule has 1 amide bonds. The van der Waals surface area contributed by atoms with E-state index in [0.29, 0.717) is 28.5 Å². The Labute approximate surface area is 139 Å². The lowest BCUT2D eigenvalue weighted by molar-refractivity contribution is 0.0955. The molecule has 2 aromatic carbocycles. The molecule has 0 aliphatic heterocycles. The zero-order valence-corrected chi connectivity index (χ0v) is 13.4. The molecule has 2 aromatic rings. The molecule has 0 saturated heterocycles. The predicted molar refractivity (Wildman–Crippen MR) is 90.4 cm³/mol. The summed E-state index contributed by atoms with van der Waals surface area (Å²) in [6, 6.07) is 11.4. The summed E-state index contributed by atoms with van der Waals surface area (Å²) in [4.78, 5) is 11.9. The van der Waals surface area contributed by atoms with Crippen LogP contribution in [0.5, 0.6) is 11.5 Å². The van der Waals surface area contributed by atoms with Crippen LogP contribution in [0.15, 0.2) is 47.6 Å². The summed E-state index contributed by atoms with van der Waals surface area (Å²) in [5.74, 6) is 0.259. The quantitative estimate of drug-likeness (QED) is 0.627. The normalized spacial score (nSPS) is 10.7. The van der Waals surface area contributed by atoms with Crippen LogP contribution in [0.3, 0.4) is 0 Å². The number of carbonyl (C=O) groups excluding carboxylic acids is 1. The Morgan fingerprint density at radius 3 is 2.70 bits per heavy atom. The van der Waals surface area contributed by atoms with Gasteiger partial charge in [0.15, 0.2) is 0 Å². The topological polar surface area (TPSA) is 70.9 Å². The number of benzene rings is 2. The number of phenolic OH excluding ortho intramolecular Hbond substituents is 1. The van der Waals surface area contributed by atoms with Crippen LogP contribution in [0, 0.1) is 0 Å². The summed E-state index contributed by atoms with van der Waals surface area (Å²) >= 11 is 5.76. The van der Waals surface area contributed by atoms with Gasteiger partial charge in [-0.15, -0.1) is 0 Å². The van der Waals surface area contributed by atoms with Crippen LogP contribution in [0.1, 0.15) is 29.3 Å². The Kier molecular flexibility index (Phi) is 6.00. The van der Waals surface area contributed by atoms with Crippen LogP contribution in [0.25, 0.3) is 0 Å². The average molecular weight is 333 g/mol.